The number of rotatable bonds is 3. The van der Waals surface area contributed by atoms with Crippen molar-refractivity contribution in [2.45, 2.75) is 56.4 Å². The molecule has 3 saturated heterocycles. The van der Waals surface area contributed by atoms with E-state index in [1.807, 2.05) is 12.3 Å². The van der Waals surface area contributed by atoms with Crippen LogP contribution in [-0.2, 0) is 4.74 Å². The summed E-state index contributed by atoms with van der Waals surface area (Å²) < 4.78 is 8.61. The lowest BCUT2D eigenvalue weighted by molar-refractivity contribution is -0.0323. The molecule has 3 fully saturated rings. The highest BCUT2D eigenvalue weighted by molar-refractivity contribution is 5.86. The molecule has 0 aromatic carbocycles. The van der Waals surface area contributed by atoms with E-state index in [1.54, 1.807) is 0 Å². The van der Waals surface area contributed by atoms with Crippen molar-refractivity contribution in [3.63, 3.8) is 0 Å². The van der Waals surface area contributed by atoms with Gasteiger partial charge in [-0.1, -0.05) is 0 Å². The zero-order chi connectivity index (χ0) is 18.4. The molecule has 2 unspecified atom stereocenters. The van der Waals surface area contributed by atoms with Crippen molar-refractivity contribution in [2.75, 3.05) is 39.0 Å². The average Bonchev–Trinajstić information content (AvgIpc) is 3.38. The zero-order valence-electron chi connectivity index (χ0n) is 16.2. The second kappa shape index (κ2) is 6.72. The predicted octanol–water partition coefficient (Wildman–Crippen LogP) is 2.25. The van der Waals surface area contributed by atoms with Gasteiger partial charge in [-0.3, -0.25) is 4.90 Å². The van der Waals surface area contributed by atoms with Crippen molar-refractivity contribution < 1.29 is 4.74 Å². The quantitative estimate of drug-likeness (QED) is 0.893. The Hall–Kier alpha value is -1.70. The monoisotopic (exact) mass is 370 g/mol. The smallest absolute Gasteiger partial charge is 0.147 e. The summed E-state index contributed by atoms with van der Waals surface area (Å²) in [6.45, 7) is 4.74. The van der Waals surface area contributed by atoms with Gasteiger partial charge in [0.2, 0.25) is 0 Å². The van der Waals surface area contributed by atoms with Gasteiger partial charge in [-0.25, -0.2) is 9.97 Å². The fourth-order valence-electron chi connectivity index (χ4n) is 5.37. The number of ether oxygens (including phenoxy) is 1. The van der Waals surface area contributed by atoms with Crippen LogP contribution in [0.25, 0.3) is 11.0 Å². The molecular weight excluding hydrogens is 340 g/mol. The molecule has 0 saturated carbocycles. The molecule has 3 aliphatic heterocycles. The fourth-order valence-corrected chi connectivity index (χ4v) is 5.37. The van der Waals surface area contributed by atoms with E-state index in [0.29, 0.717) is 17.5 Å². The molecule has 5 heterocycles. The van der Waals surface area contributed by atoms with Crippen LogP contribution in [0.3, 0.4) is 0 Å². The van der Waals surface area contributed by atoms with Gasteiger partial charge in [0.25, 0.3) is 0 Å². The second-order valence-corrected chi connectivity index (χ2v) is 8.59. The highest BCUT2D eigenvalue weighted by atomic mass is 16.5. The number of hydrogen-bond acceptors (Lipinski definition) is 6. The van der Waals surface area contributed by atoms with Crippen molar-refractivity contribution in [1.82, 2.24) is 24.3 Å². The Morgan fingerprint density at radius 2 is 2.04 bits per heavy atom. The van der Waals surface area contributed by atoms with Gasteiger partial charge in [0.15, 0.2) is 0 Å². The molecule has 5 rings (SSSR count). The zero-order valence-corrected chi connectivity index (χ0v) is 16.2. The van der Waals surface area contributed by atoms with Gasteiger partial charge in [-0.05, 0) is 71.3 Å². The summed E-state index contributed by atoms with van der Waals surface area (Å²) in [5, 5.41) is 0.911. The summed E-state index contributed by atoms with van der Waals surface area (Å²) in [5.74, 6) is 0.537. The summed E-state index contributed by atoms with van der Waals surface area (Å²) in [4.78, 5) is 13.7. The van der Waals surface area contributed by atoms with Crippen LogP contribution >= 0.6 is 0 Å². The molecule has 0 aliphatic carbocycles. The van der Waals surface area contributed by atoms with Gasteiger partial charge >= 0.3 is 0 Å². The van der Waals surface area contributed by atoms with E-state index in [-0.39, 0.29) is 6.23 Å². The molecule has 27 heavy (non-hydrogen) atoms. The molecule has 2 aromatic rings. The molecular formula is C20H30N6O. The first kappa shape index (κ1) is 17.4. The molecule has 7 heteroatoms. The number of aromatic nitrogens is 3. The summed E-state index contributed by atoms with van der Waals surface area (Å²) in [5.41, 5.74) is 7.28. The first-order valence-electron chi connectivity index (χ1n) is 10.3. The van der Waals surface area contributed by atoms with E-state index in [1.165, 1.54) is 51.6 Å². The molecule has 0 bridgehead atoms. The third-order valence-corrected chi connectivity index (χ3v) is 7.02. The molecule has 7 nitrogen and oxygen atoms in total. The van der Waals surface area contributed by atoms with Gasteiger partial charge in [-0.2, -0.15) is 0 Å². The average molecular weight is 371 g/mol. The van der Waals surface area contributed by atoms with Crippen LogP contribution in [0.2, 0.25) is 0 Å². The maximum absolute atomic E-state index is 6.48. The highest BCUT2D eigenvalue weighted by Gasteiger charge is 2.44. The van der Waals surface area contributed by atoms with Crippen molar-refractivity contribution in [2.24, 2.45) is 0 Å². The van der Waals surface area contributed by atoms with Crippen LogP contribution < -0.4 is 5.73 Å². The largest absolute Gasteiger partial charge is 0.383 e. The van der Waals surface area contributed by atoms with Gasteiger partial charge in [0.1, 0.15) is 24.0 Å². The van der Waals surface area contributed by atoms with Crippen LogP contribution in [0, 0.1) is 0 Å². The molecule has 146 valence electrons. The lowest BCUT2D eigenvalue weighted by Crippen LogP contribution is -2.53. The van der Waals surface area contributed by atoms with Crippen molar-refractivity contribution in [3.8, 4) is 0 Å². The van der Waals surface area contributed by atoms with Gasteiger partial charge in [0.05, 0.1) is 11.5 Å². The standard InChI is InChI=1S/C20H30N6O/c1-24-11-7-20(8-12-24)6-2-9-25(20)13-15-3-4-17(27-15)26-10-5-16-18(21)22-14-23-19(16)26/h5,10,14-15,17H,2-4,6-9,11-13H2,1H3,(H2,21,22,23). The fraction of sp³-hybridized carbons (Fsp3) is 0.700. The Bertz CT molecular complexity index is 812. The molecule has 2 N–H and O–H groups in total. The second-order valence-electron chi connectivity index (χ2n) is 8.59. The number of likely N-dealkylation sites (tertiary alicyclic amines) is 2. The predicted molar refractivity (Wildman–Crippen MR) is 105 cm³/mol. The van der Waals surface area contributed by atoms with Crippen molar-refractivity contribution in [1.29, 1.82) is 0 Å². The summed E-state index contributed by atoms with van der Waals surface area (Å²) >= 11 is 0. The van der Waals surface area contributed by atoms with Crippen LogP contribution in [-0.4, -0.2) is 69.2 Å². The van der Waals surface area contributed by atoms with Gasteiger partial charge in [0, 0.05) is 18.3 Å². The molecule has 0 radical (unpaired) electrons. The van der Waals surface area contributed by atoms with Crippen molar-refractivity contribution >= 4 is 16.9 Å². The lowest BCUT2D eigenvalue weighted by atomic mass is 9.85. The van der Waals surface area contributed by atoms with E-state index >= 15 is 0 Å². The van der Waals surface area contributed by atoms with Crippen LogP contribution in [0.4, 0.5) is 5.82 Å². The SMILES string of the molecule is CN1CCC2(CCCN2CC2CCC(n3ccc4c(N)ncnc43)O2)CC1. The molecule has 2 atom stereocenters. The van der Waals surface area contributed by atoms with Crippen LogP contribution in [0.1, 0.15) is 44.8 Å². The Balaban J connectivity index is 1.28. The van der Waals surface area contributed by atoms with E-state index in [9.17, 15) is 0 Å². The molecule has 1 spiro atoms. The Kier molecular flexibility index (Phi) is 4.33. The highest BCUT2D eigenvalue weighted by Crippen LogP contribution is 2.40. The van der Waals surface area contributed by atoms with Gasteiger partial charge in [-0.15, -0.1) is 0 Å². The minimum absolute atomic E-state index is 0.0536. The van der Waals surface area contributed by atoms with E-state index in [4.69, 9.17) is 10.5 Å². The molecule has 2 aromatic heterocycles. The number of nitrogens with zero attached hydrogens (tertiary/aromatic N) is 5. The Labute approximate surface area is 160 Å². The number of nitrogen functional groups attached to an aromatic ring is 1. The lowest BCUT2D eigenvalue weighted by Gasteiger charge is -2.45. The van der Waals surface area contributed by atoms with Crippen molar-refractivity contribution in [3.05, 3.63) is 18.6 Å². The number of fused-ring (bicyclic) bond motifs is 1. The summed E-state index contributed by atoms with van der Waals surface area (Å²) in [6.07, 6.45) is 11.4. The Morgan fingerprint density at radius 3 is 2.89 bits per heavy atom. The maximum atomic E-state index is 6.48. The van der Waals surface area contributed by atoms with Crippen LogP contribution in [0.15, 0.2) is 18.6 Å². The topological polar surface area (TPSA) is 72.4 Å². The van der Waals surface area contributed by atoms with Gasteiger partial charge < -0.3 is 19.9 Å². The first-order valence-corrected chi connectivity index (χ1v) is 10.3. The number of hydrogen-bond donors (Lipinski definition) is 1. The van der Waals surface area contributed by atoms with E-state index in [0.717, 1.165) is 30.4 Å². The molecule has 0 amide bonds. The summed E-state index contributed by atoms with van der Waals surface area (Å²) in [6, 6.07) is 2.00. The summed E-state index contributed by atoms with van der Waals surface area (Å²) in [7, 11) is 2.24. The first-order chi connectivity index (χ1) is 13.1. The van der Waals surface area contributed by atoms with Crippen LogP contribution in [0.5, 0.6) is 0 Å². The number of anilines is 1. The number of nitrogens with two attached hydrogens (primary N) is 1. The maximum Gasteiger partial charge on any atom is 0.147 e. The third-order valence-electron chi connectivity index (χ3n) is 7.02. The van der Waals surface area contributed by atoms with E-state index in [2.05, 4.69) is 31.4 Å². The number of piperidine rings is 1. The minimum Gasteiger partial charge on any atom is -0.383 e. The normalized spacial score (nSPS) is 29.2. The minimum atomic E-state index is 0.0536. The Morgan fingerprint density at radius 1 is 1.19 bits per heavy atom. The third kappa shape index (κ3) is 3.02. The van der Waals surface area contributed by atoms with E-state index < -0.39 is 0 Å². The molecule has 3 aliphatic rings.